The Kier molecular flexibility index (Phi) is 3.63. The van der Waals surface area contributed by atoms with Gasteiger partial charge in [-0.25, -0.2) is 4.79 Å². The minimum absolute atomic E-state index is 0.148. The second-order valence-electron chi connectivity index (χ2n) is 6.71. The van der Waals surface area contributed by atoms with Gasteiger partial charge in [0, 0.05) is 18.9 Å². The van der Waals surface area contributed by atoms with Crippen LogP contribution >= 0.6 is 0 Å². The Labute approximate surface area is 130 Å². The quantitative estimate of drug-likeness (QED) is 0.322. The van der Waals surface area contributed by atoms with E-state index >= 15 is 0 Å². The van der Waals surface area contributed by atoms with Crippen molar-refractivity contribution in [2.24, 2.45) is 5.92 Å². The summed E-state index contributed by atoms with van der Waals surface area (Å²) in [6.45, 7) is 9.30. The second-order valence-corrected chi connectivity index (χ2v) is 6.71. The Morgan fingerprint density at radius 3 is 2.91 bits per heavy atom. The second kappa shape index (κ2) is 5.23. The fourth-order valence-electron chi connectivity index (χ4n) is 3.63. The fraction of sp³-hybridized carbons (Fsp3) is 0.647. The van der Waals surface area contributed by atoms with Gasteiger partial charge >= 0.3 is 11.9 Å². The molecule has 120 valence electrons. The average Bonchev–Trinajstić information content (AvgIpc) is 2.98. The molecule has 3 rings (SSSR count). The smallest absolute Gasteiger partial charge is 0.334 e. The van der Waals surface area contributed by atoms with Crippen molar-refractivity contribution in [3.63, 3.8) is 0 Å². The molecule has 5 heteroatoms. The van der Waals surface area contributed by atoms with Crippen molar-refractivity contribution in [1.82, 2.24) is 0 Å². The molecule has 2 fully saturated rings. The molecule has 0 bridgehead atoms. The summed E-state index contributed by atoms with van der Waals surface area (Å²) in [6.07, 6.45) is 3.52. The molecule has 0 radical (unpaired) electrons. The van der Waals surface area contributed by atoms with Gasteiger partial charge in [0.05, 0.1) is 11.5 Å². The normalized spacial score (nSPS) is 43.3. The highest BCUT2D eigenvalue weighted by Crippen LogP contribution is 2.50. The molecule has 2 saturated heterocycles. The molecular weight excluding hydrogens is 284 g/mol. The van der Waals surface area contributed by atoms with Crippen LogP contribution in [0.3, 0.4) is 0 Å². The number of hydrogen-bond acceptors (Lipinski definition) is 5. The number of ether oxygens (including phenoxy) is 3. The highest BCUT2D eigenvalue weighted by molar-refractivity contribution is 5.91. The van der Waals surface area contributed by atoms with Crippen LogP contribution in [0.5, 0.6) is 0 Å². The lowest BCUT2D eigenvalue weighted by Gasteiger charge is -2.27. The van der Waals surface area contributed by atoms with E-state index in [-0.39, 0.29) is 23.6 Å². The molecule has 0 saturated carbocycles. The molecule has 5 nitrogen and oxygen atoms in total. The molecule has 2 unspecified atom stereocenters. The van der Waals surface area contributed by atoms with E-state index in [1.165, 1.54) is 6.92 Å². The van der Waals surface area contributed by atoms with E-state index in [0.717, 1.165) is 18.4 Å². The summed E-state index contributed by atoms with van der Waals surface area (Å²) in [4.78, 5) is 23.5. The van der Waals surface area contributed by atoms with Gasteiger partial charge < -0.3 is 14.2 Å². The van der Waals surface area contributed by atoms with Crippen LogP contribution in [0.2, 0.25) is 0 Å². The number of carbonyl (C=O) groups excluding carboxylic acids is 2. The largest absolute Gasteiger partial charge is 0.461 e. The molecule has 2 aliphatic heterocycles. The third-order valence-corrected chi connectivity index (χ3v) is 4.88. The molecule has 0 spiro atoms. The molecule has 0 N–H and O–H groups in total. The van der Waals surface area contributed by atoms with Gasteiger partial charge in [-0.3, -0.25) is 4.79 Å². The molecule has 1 aliphatic carbocycles. The van der Waals surface area contributed by atoms with Crippen LogP contribution < -0.4 is 0 Å². The number of allylic oxidation sites excluding steroid dienone is 1. The van der Waals surface area contributed by atoms with Gasteiger partial charge in [-0.15, -0.1) is 0 Å². The molecule has 2 heterocycles. The first-order valence-electron chi connectivity index (χ1n) is 7.72. The maximum Gasteiger partial charge on any atom is 0.334 e. The third kappa shape index (κ3) is 2.58. The highest BCUT2D eigenvalue weighted by atomic mass is 16.6. The first-order chi connectivity index (χ1) is 10.3. The van der Waals surface area contributed by atoms with E-state index in [2.05, 4.69) is 12.7 Å². The summed E-state index contributed by atoms with van der Waals surface area (Å²) < 4.78 is 16.8. The Hall–Kier alpha value is -1.62. The van der Waals surface area contributed by atoms with Crippen molar-refractivity contribution in [2.75, 3.05) is 0 Å². The minimum Gasteiger partial charge on any atom is -0.461 e. The van der Waals surface area contributed by atoms with Crippen molar-refractivity contribution in [1.29, 1.82) is 0 Å². The topological polar surface area (TPSA) is 65.1 Å². The summed E-state index contributed by atoms with van der Waals surface area (Å²) in [7, 11) is 0. The van der Waals surface area contributed by atoms with Crippen LogP contribution in [0.4, 0.5) is 0 Å². The van der Waals surface area contributed by atoms with Crippen molar-refractivity contribution in [3.8, 4) is 0 Å². The van der Waals surface area contributed by atoms with Gasteiger partial charge in [-0.05, 0) is 26.7 Å². The predicted octanol–water partition coefficient (Wildman–Crippen LogP) is 2.30. The number of fused-ring (bicyclic) bond motifs is 3. The van der Waals surface area contributed by atoms with Crippen LogP contribution in [0.25, 0.3) is 0 Å². The number of carbonyl (C=O) groups is 2. The Bertz CT molecular complexity index is 563. The van der Waals surface area contributed by atoms with Crippen LogP contribution in [0, 0.1) is 5.92 Å². The van der Waals surface area contributed by atoms with Gasteiger partial charge in [-0.2, -0.15) is 0 Å². The van der Waals surface area contributed by atoms with Crippen molar-refractivity contribution >= 4 is 11.9 Å². The molecule has 0 aromatic rings. The van der Waals surface area contributed by atoms with E-state index in [9.17, 15) is 9.59 Å². The summed E-state index contributed by atoms with van der Waals surface area (Å²) in [5, 5.41) is 0. The summed E-state index contributed by atoms with van der Waals surface area (Å²) in [5.41, 5.74) is 1.24. The maximum atomic E-state index is 12.0. The maximum absolute atomic E-state index is 12.0. The zero-order valence-corrected chi connectivity index (χ0v) is 13.3. The van der Waals surface area contributed by atoms with Crippen molar-refractivity contribution in [2.45, 2.75) is 63.9 Å². The van der Waals surface area contributed by atoms with E-state index in [4.69, 9.17) is 14.2 Å². The molecule has 3 aliphatic rings. The zero-order chi connectivity index (χ0) is 16.1. The van der Waals surface area contributed by atoms with Crippen LogP contribution in [-0.2, 0) is 23.8 Å². The van der Waals surface area contributed by atoms with E-state index in [0.29, 0.717) is 12.0 Å². The number of hydrogen-bond donors (Lipinski definition) is 0. The first-order valence-corrected chi connectivity index (χ1v) is 7.72. The van der Waals surface area contributed by atoms with Gasteiger partial charge in [0.25, 0.3) is 0 Å². The molecule has 0 amide bonds. The van der Waals surface area contributed by atoms with Crippen LogP contribution in [0.15, 0.2) is 23.8 Å². The van der Waals surface area contributed by atoms with E-state index in [1.54, 1.807) is 0 Å². The van der Waals surface area contributed by atoms with Crippen molar-refractivity contribution < 1.29 is 23.8 Å². The van der Waals surface area contributed by atoms with Gasteiger partial charge in [0.1, 0.15) is 18.3 Å². The lowest BCUT2D eigenvalue weighted by molar-refractivity contribution is -0.150. The lowest BCUT2D eigenvalue weighted by Crippen LogP contribution is -2.38. The Balaban J connectivity index is 1.96. The van der Waals surface area contributed by atoms with Gasteiger partial charge in [0.2, 0.25) is 0 Å². The Morgan fingerprint density at radius 2 is 2.23 bits per heavy atom. The van der Waals surface area contributed by atoms with E-state index in [1.807, 2.05) is 13.8 Å². The zero-order valence-electron chi connectivity index (χ0n) is 13.3. The molecule has 22 heavy (non-hydrogen) atoms. The number of rotatable bonds is 1. The molecule has 5 atom stereocenters. The average molecular weight is 306 g/mol. The van der Waals surface area contributed by atoms with Gasteiger partial charge in [-0.1, -0.05) is 18.2 Å². The van der Waals surface area contributed by atoms with Gasteiger partial charge in [0.15, 0.2) is 0 Å². The van der Waals surface area contributed by atoms with Crippen LogP contribution in [0.1, 0.15) is 40.0 Å². The number of esters is 2. The van der Waals surface area contributed by atoms with Crippen LogP contribution in [-0.4, -0.2) is 35.9 Å². The molecule has 0 aromatic heterocycles. The molecular formula is C17H22O5. The van der Waals surface area contributed by atoms with E-state index < -0.39 is 18.2 Å². The Morgan fingerprint density at radius 1 is 1.50 bits per heavy atom. The summed E-state index contributed by atoms with van der Waals surface area (Å²) >= 11 is 0. The first kappa shape index (κ1) is 15.3. The number of epoxide rings is 1. The van der Waals surface area contributed by atoms with Crippen molar-refractivity contribution in [3.05, 3.63) is 23.8 Å². The highest BCUT2D eigenvalue weighted by Gasteiger charge is 2.63. The summed E-state index contributed by atoms with van der Waals surface area (Å²) in [5.74, 6) is -1.12. The monoisotopic (exact) mass is 306 g/mol. The predicted molar refractivity (Wildman–Crippen MR) is 79.0 cm³/mol. The molecule has 0 aromatic carbocycles. The lowest BCUT2D eigenvalue weighted by atomic mass is 9.82. The SMILES string of the molecule is C=C1C(=O)OC2C3O[C@]3(C)CC/C=C(\C)C[C@@H](OC(C)=O)[C@@H]12. The third-order valence-electron chi connectivity index (χ3n) is 4.88. The minimum atomic E-state index is -0.441. The summed E-state index contributed by atoms with van der Waals surface area (Å²) in [6, 6.07) is 0. The standard InChI is InChI=1S/C17H22O5/c1-9-6-5-7-17(4)15(22-17)14-13(10(2)16(19)21-14)12(8-9)20-11(3)18/h6,12-15H,2,5,7-8H2,1,3-4H3/b9-6+/t12-,13-,14?,15?,17-/m1/s1. The fourth-order valence-corrected chi connectivity index (χ4v) is 3.63.